The average Bonchev–Trinajstić information content (AvgIpc) is 3.18. The lowest BCUT2D eigenvalue weighted by molar-refractivity contribution is -0.126. The van der Waals surface area contributed by atoms with E-state index in [2.05, 4.69) is 30.4 Å². The SMILES string of the molecule is Cn1nccc1/C=C/C(=O)N1CCC(c2nccnc2Nc2ncccn2)CC1. The zero-order valence-electron chi connectivity index (χ0n) is 16.1. The van der Waals surface area contributed by atoms with Gasteiger partial charge < -0.3 is 10.2 Å². The number of nitrogens with zero attached hydrogens (tertiary/aromatic N) is 7. The fraction of sp³-hybridized carbons (Fsp3) is 0.300. The largest absolute Gasteiger partial charge is 0.339 e. The molecule has 0 aliphatic carbocycles. The molecule has 29 heavy (non-hydrogen) atoms. The summed E-state index contributed by atoms with van der Waals surface area (Å²) >= 11 is 0. The smallest absolute Gasteiger partial charge is 0.246 e. The van der Waals surface area contributed by atoms with Crippen molar-refractivity contribution in [3.63, 3.8) is 0 Å². The van der Waals surface area contributed by atoms with Gasteiger partial charge in [-0.05, 0) is 31.1 Å². The van der Waals surface area contributed by atoms with Crippen molar-refractivity contribution in [3.05, 3.63) is 60.6 Å². The summed E-state index contributed by atoms with van der Waals surface area (Å²) in [6.07, 6.45) is 13.5. The van der Waals surface area contributed by atoms with Crippen LogP contribution in [0.4, 0.5) is 11.8 Å². The Morgan fingerprint density at radius 3 is 2.55 bits per heavy atom. The monoisotopic (exact) mass is 390 g/mol. The van der Waals surface area contributed by atoms with Crippen LogP contribution in [0.3, 0.4) is 0 Å². The average molecular weight is 390 g/mol. The molecule has 1 fully saturated rings. The Balaban J connectivity index is 1.39. The maximum atomic E-state index is 12.5. The van der Waals surface area contributed by atoms with Crippen molar-refractivity contribution < 1.29 is 4.79 Å². The van der Waals surface area contributed by atoms with Gasteiger partial charge in [-0.25, -0.2) is 15.0 Å². The number of anilines is 2. The molecule has 4 heterocycles. The third-order valence-corrected chi connectivity index (χ3v) is 4.97. The molecule has 1 aliphatic heterocycles. The lowest BCUT2D eigenvalue weighted by Crippen LogP contribution is -2.37. The van der Waals surface area contributed by atoms with Gasteiger partial charge in [0.2, 0.25) is 11.9 Å². The molecule has 1 aliphatic rings. The molecule has 148 valence electrons. The summed E-state index contributed by atoms with van der Waals surface area (Å²) in [5.41, 5.74) is 1.78. The number of hydrogen-bond acceptors (Lipinski definition) is 7. The highest BCUT2D eigenvalue weighted by Crippen LogP contribution is 2.31. The van der Waals surface area contributed by atoms with Crippen molar-refractivity contribution >= 4 is 23.7 Å². The van der Waals surface area contributed by atoms with E-state index in [-0.39, 0.29) is 11.8 Å². The third kappa shape index (κ3) is 4.45. The zero-order chi connectivity index (χ0) is 20.1. The number of carbonyl (C=O) groups excluding carboxylic acids is 1. The molecule has 9 nitrogen and oxygen atoms in total. The fourth-order valence-corrected chi connectivity index (χ4v) is 3.40. The van der Waals surface area contributed by atoms with Gasteiger partial charge in [0.05, 0.1) is 11.4 Å². The minimum Gasteiger partial charge on any atom is -0.339 e. The second-order valence-corrected chi connectivity index (χ2v) is 6.80. The maximum Gasteiger partial charge on any atom is 0.246 e. The van der Waals surface area contributed by atoms with E-state index in [1.54, 1.807) is 53.9 Å². The Labute approximate surface area is 168 Å². The van der Waals surface area contributed by atoms with Gasteiger partial charge in [-0.3, -0.25) is 14.5 Å². The Morgan fingerprint density at radius 2 is 1.83 bits per heavy atom. The Kier molecular flexibility index (Phi) is 5.55. The Hall–Kier alpha value is -3.62. The van der Waals surface area contributed by atoms with Crippen molar-refractivity contribution in [3.8, 4) is 0 Å². The number of carbonyl (C=O) groups is 1. The number of nitrogens with one attached hydrogen (secondary N) is 1. The van der Waals surface area contributed by atoms with Gasteiger partial charge in [0, 0.05) is 63.1 Å². The second kappa shape index (κ2) is 8.59. The van der Waals surface area contributed by atoms with E-state index in [4.69, 9.17) is 0 Å². The predicted octanol–water partition coefficient (Wildman–Crippen LogP) is 2.16. The highest BCUT2D eigenvalue weighted by molar-refractivity contribution is 5.91. The van der Waals surface area contributed by atoms with E-state index < -0.39 is 0 Å². The van der Waals surface area contributed by atoms with E-state index >= 15 is 0 Å². The minimum atomic E-state index is 0.0137. The summed E-state index contributed by atoms with van der Waals surface area (Å²) < 4.78 is 1.73. The first-order chi connectivity index (χ1) is 14.2. The first kappa shape index (κ1) is 18.7. The molecule has 0 bridgehead atoms. The second-order valence-electron chi connectivity index (χ2n) is 6.80. The van der Waals surface area contributed by atoms with Crippen LogP contribution < -0.4 is 5.32 Å². The summed E-state index contributed by atoms with van der Waals surface area (Å²) in [4.78, 5) is 31.7. The van der Waals surface area contributed by atoms with Crippen LogP contribution in [0.5, 0.6) is 0 Å². The molecule has 1 N–H and O–H groups in total. The van der Waals surface area contributed by atoms with Crippen molar-refractivity contribution in [1.82, 2.24) is 34.6 Å². The molecule has 1 amide bonds. The first-order valence-corrected chi connectivity index (χ1v) is 9.50. The van der Waals surface area contributed by atoms with E-state index in [0.717, 1.165) is 24.2 Å². The molecular formula is C20H22N8O. The van der Waals surface area contributed by atoms with Gasteiger partial charge >= 0.3 is 0 Å². The maximum absolute atomic E-state index is 12.5. The van der Waals surface area contributed by atoms with Gasteiger partial charge in [-0.15, -0.1) is 0 Å². The third-order valence-electron chi connectivity index (χ3n) is 4.97. The van der Waals surface area contributed by atoms with Crippen molar-refractivity contribution in [1.29, 1.82) is 0 Å². The van der Waals surface area contributed by atoms with E-state index in [9.17, 15) is 4.79 Å². The lowest BCUT2D eigenvalue weighted by atomic mass is 9.93. The summed E-state index contributed by atoms with van der Waals surface area (Å²) in [5, 5.41) is 7.25. The molecule has 9 heteroatoms. The number of amides is 1. The highest BCUT2D eigenvalue weighted by Gasteiger charge is 2.26. The molecule has 1 saturated heterocycles. The van der Waals surface area contributed by atoms with Gasteiger partial charge in [-0.2, -0.15) is 5.10 Å². The van der Waals surface area contributed by atoms with Crippen LogP contribution >= 0.6 is 0 Å². The van der Waals surface area contributed by atoms with Gasteiger partial charge in [-0.1, -0.05) is 0 Å². The number of likely N-dealkylation sites (tertiary alicyclic amines) is 1. The fourth-order valence-electron chi connectivity index (χ4n) is 3.40. The van der Waals surface area contributed by atoms with Crippen LogP contribution in [-0.4, -0.2) is 53.6 Å². The molecule has 4 rings (SSSR count). The van der Waals surface area contributed by atoms with Crippen LogP contribution in [0.2, 0.25) is 0 Å². The lowest BCUT2D eigenvalue weighted by Gasteiger charge is -2.31. The first-order valence-electron chi connectivity index (χ1n) is 9.50. The number of aromatic nitrogens is 6. The molecule has 0 aromatic carbocycles. The number of rotatable bonds is 5. The Bertz CT molecular complexity index is 992. The standard InChI is InChI=1S/C20H22N8O/c1-27-16(5-10-25-27)3-4-17(29)28-13-6-15(7-14-28)18-19(22-12-11-21-18)26-20-23-8-2-9-24-20/h2-5,8-12,15H,6-7,13-14H2,1H3,(H,22,23,24,26)/b4-3+. The summed E-state index contributed by atoms with van der Waals surface area (Å²) in [5.74, 6) is 1.39. The van der Waals surface area contributed by atoms with Crippen LogP contribution in [-0.2, 0) is 11.8 Å². The molecule has 3 aromatic rings. The molecule has 0 unspecified atom stereocenters. The van der Waals surface area contributed by atoms with Gasteiger partial charge in [0.25, 0.3) is 0 Å². The molecular weight excluding hydrogens is 368 g/mol. The normalized spacial score (nSPS) is 15.0. The highest BCUT2D eigenvalue weighted by atomic mass is 16.2. The summed E-state index contributed by atoms with van der Waals surface area (Å²) in [6, 6.07) is 3.63. The number of aryl methyl sites for hydroxylation is 1. The van der Waals surface area contributed by atoms with E-state index in [1.165, 1.54) is 0 Å². The van der Waals surface area contributed by atoms with Gasteiger partial charge in [0.15, 0.2) is 5.82 Å². The minimum absolute atomic E-state index is 0.0137. The summed E-state index contributed by atoms with van der Waals surface area (Å²) in [6.45, 7) is 1.36. The van der Waals surface area contributed by atoms with Crippen LogP contribution in [0, 0.1) is 0 Å². The van der Waals surface area contributed by atoms with Crippen LogP contribution in [0.1, 0.15) is 30.1 Å². The molecule has 0 spiro atoms. The molecule has 0 radical (unpaired) electrons. The van der Waals surface area contributed by atoms with Crippen molar-refractivity contribution in [2.24, 2.45) is 7.05 Å². The topological polar surface area (TPSA) is 102 Å². The van der Waals surface area contributed by atoms with Crippen LogP contribution in [0.15, 0.2) is 49.2 Å². The summed E-state index contributed by atoms with van der Waals surface area (Å²) in [7, 11) is 1.85. The zero-order valence-corrected chi connectivity index (χ0v) is 16.1. The molecule has 0 saturated carbocycles. The predicted molar refractivity (Wildman–Crippen MR) is 108 cm³/mol. The van der Waals surface area contributed by atoms with E-state index in [1.807, 2.05) is 18.0 Å². The van der Waals surface area contributed by atoms with Gasteiger partial charge in [0.1, 0.15) is 0 Å². The van der Waals surface area contributed by atoms with Crippen LogP contribution in [0.25, 0.3) is 6.08 Å². The number of hydrogen-bond donors (Lipinski definition) is 1. The van der Waals surface area contributed by atoms with Crippen molar-refractivity contribution in [2.75, 3.05) is 18.4 Å². The molecule has 0 atom stereocenters. The number of piperidine rings is 1. The quantitative estimate of drug-likeness (QED) is 0.666. The van der Waals surface area contributed by atoms with E-state index in [0.29, 0.717) is 24.9 Å². The Morgan fingerprint density at radius 1 is 1.07 bits per heavy atom. The molecule has 3 aromatic heterocycles. The van der Waals surface area contributed by atoms with Crippen molar-refractivity contribution in [2.45, 2.75) is 18.8 Å².